The zero-order valence-electron chi connectivity index (χ0n) is 16.7. The van der Waals surface area contributed by atoms with Gasteiger partial charge < -0.3 is 25.4 Å². The monoisotopic (exact) mass is 534 g/mol. The summed E-state index contributed by atoms with van der Waals surface area (Å²) in [5.41, 5.74) is 1.24. The lowest BCUT2D eigenvalue weighted by Gasteiger charge is -2.15. The van der Waals surface area contributed by atoms with Gasteiger partial charge in [0.15, 0.2) is 5.96 Å². The number of alkyl halides is 2. The van der Waals surface area contributed by atoms with Crippen LogP contribution >= 0.6 is 24.0 Å². The van der Waals surface area contributed by atoms with Gasteiger partial charge in [-0.3, -0.25) is 9.79 Å². The summed E-state index contributed by atoms with van der Waals surface area (Å²) in [7, 11) is 1.61. The third-order valence-corrected chi connectivity index (χ3v) is 3.68. The topological polar surface area (TPSA) is 84.0 Å². The maximum atomic E-state index is 12.5. The molecule has 0 aliphatic heterocycles. The van der Waals surface area contributed by atoms with Gasteiger partial charge >= 0.3 is 6.61 Å². The zero-order valence-corrected chi connectivity index (χ0v) is 19.0. The van der Waals surface area contributed by atoms with Crippen LogP contribution in [0.2, 0.25) is 0 Å². The van der Waals surface area contributed by atoms with E-state index in [0.29, 0.717) is 36.1 Å². The number of ether oxygens (including phenoxy) is 2. The molecule has 0 radical (unpaired) electrons. The number of hydrogen-bond donors (Lipinski definition) is 3. The molecule has 0 atom stereocenters. The molecular formula is C20H25F2IN4O3. The number of rotatable bonds is 9. The summed E-state index contributed by atoms with van der Waals surface area (Å²) in [6, 6.07) is 13.6. The summed E-state index contributed by atoms with van der Waals surface area (Å²) >= 11 is 0. The Balaban J connectivity index is 0.00000450. The third kappa shape index (κ3) is 9.25. The van der Waals surface area contributed by atoms with Crippen LogP contribution in [0, 0.1) is 0 Å². The molecule has 0 saturated carbocycles. The fourth-order valence-electron chi connectivity index (χ4n) is 2.47. The van der Waals surface area contributed by atoms with E-state index in [0.717, 1.165) is 0 Å². The van der Waals surface area contributed by atoms with Crippen molar-refractivity contribution in [3.05, 3.63) is 54.1 Å². The van der Waals surface area contributed by atoms with Gasteiger partial charge in [0.05, 0.1) is 6.54 Å². The Labute approximate surface area is 191 Å². The van der Waals surface area contributed by atoms with E-state index in [-0.39, 0.29) is 42.2 Å². The van der Waals surface area contributed by atoms with E-state index in [4.69, 9.17) is 4.74 Å². The van der Waals surface area contributed by atoms with Crippen LogP contribution in [0.25, 0.3) is 0 Å². The maximum Gasteiger partial charge on any atom is 0.387 e. The SMILES string of the molecule is CN=C(NCCOc1cccc(NC(C)=O)c1)NCc1ccccc1OC(F)F.I. The number of guanidine groups is 1. The lowest BCUT2D eigenvalue weighted by molar-refractivity contribution is -0.114. The highest BCUT2D eigenvalue weighted by atomic mass is 127. The number of halogens is 3. The fourth-order valence-corrected chi connectivity index (χ4v) is 2.47. The van der Waals surface area contributed by atoms with Crippen molar-refractivity contribution in [3.8, 4) is 11.5 Å². The molecule has 0 aromatic heterocycles. The number of benzene rings is 2. The van der Waals surface area contributed by atoms with E-state index in [1.807, 2.05) is 0 Å². The number of hydrogen-bond acceptors (Lipinski definition) is 4. The minimum absolute atomic E-state index is 0. The minimum Gasteiger partial charge on any atom is -0.492 e. The zero-order chi connectivity index (χ0) is 21.1. The second-order valence-corrected chi connectivity index (χ2v) is 5.90. The van der Waals surface area contributed by atoms with Gasteiger partial charge in [-0.15, -0.1) is 24.0 Å². The molecule has 3 N–H and O–H groups in total. The number of aliphatic imine (C=N–C) groups is 1. The predicted octanol–water partition coefficient (Wildman–Crippen LogP) is 3.61. The summed E-state index contributed by atoms with van der Waals surface area (Å²) in [4.78, 5) is 15.2. The molecular weight excluding hydrogens is 509 g/mol. The first-order chi connectivity index (χ1) is 14.0. The van der Waals surface area contributed by atoms with Crippen molar-refractivity contribution in [2.45, 2.75) is 20.1 Å². The fraction of sp³-hybridized carbons (Fsp3) is 0.300. The van der Waals surface area contributed by atoms with Crippen molar-refractivity contribution in [1.82, 2.24) is 10.6 Å². The van der Waals surface area contributed by atoms with Gasteiger partial charge in [0.1, 0.15) is 18.1 Å². The van der Waals surface area contributed by atoms with Crippen LogP contribution < -0.4 is 25.4 Å². The standard InChI is InChI=1S/C20H24F2N4O3.HI/c1-14(27)26-16-7-5-8-17(12-16)28-11-10-24-20(23-2)25-13-15-6-3-4-9-18(15)29-19(21)22;/h3-9,12,19H,10-11,13H2,1-2H3,(H,26,27)(H2,23,24,25);1H. The van der Waals surface area contributed by atoms with Crippen LogP contribution in [0.15, 0.2) is 53.5 Å². The lowest BCUT2D eigenvalue weighted by atomic mass is 10.2. The largest absolute Gasteiger partial charge is 0.492 e. The lowest BCUT2D eigenvalue weighted by Crippen LogP contribution is -2.39. The molecule has 2 aromatic carbocycles. The van der Waals surface area contributed by atoms with Crippen molar-refractivity contribution in [2.24, 2.45) is 4.99 Å². The van der Waals surface area contributed by atoms with Crippen molar-refractivity contribution in [3.63, 3.8) is 0 Å². The summed E-state index contributed by atoms with van der Waals surface area (Å²) < 4.78 is 35.1. The Bertz CT molecular complexity index is 837. The van der Waals surface area contributed by atoms with E-state index in [2.05, 4.69) is 25.7 Å². The molecule has 10 heteroatoms. The number of carbonyl (C=O) groups is 1. The number of amides is 1. The quantitative estimate of drug-likeness (QED) is 0.198. The molecule has 0 aliphatic carbocycles. The molecule has 1 amide bonds. The number of anilines is 1. The van der Waals surface area contributed by atoms with E-state index in [1.54, 1.807) is 49.5 Å². The summed E-state index contributed by atoms with van der Waals surface area (Å²) in [6.07, 6.45) is 0. The van der Waals surface area contributed by atoms with Gasteiger partial charge in [-0.1, -0.05) is 24.3 Å². The molecule has 0 saturated heterocycles. The molecule has 164 valence electrons. The highest BCUT2D eigenvalue weighted by Gasteiger charge is 2.09. The Morgan fingerprint density at radius 2 is 1.90 bits per heavy atom. The predicted molar refractivity (Wildman–Crippen MR) is 123 cm³/mol. The molecule has 30 heavy (non-hydrogen) atoms. The van der Waals surface area contributed by atoms with Gasteiger partial charge in [0.2, 0.25) is 5.91 Å². The molecule has 0 bridgehead atoms. The van der Waals surface area contributed by atoms with Crippen molar-refractivity contribution >= 4 is 41.5 Å². The minimum atomic E-state index is -2.88. The molecule has 0 unspecified atom stereocenters. The van der Waals surface area contributed by atoms with Crippen LogP contribution in [0.3, 0.4) is 0 Å². The Kier molecular flexibility index (Phi) is 11.5. The first-order valence-electron chi connectivity index (χ1n) is 8.95. The van der Waals surface area contributed by atoms with Crippen molar-refractivity contribution < 1.29 is 23.0 Å². The van der Waals surface area contributed by atoms with E-state index in [9.17, 15) is 13.6 Å². The van der Waals surface area contributed by atoms with Crippen molar-refractivity contribution in [1.29, 1.82) is 0 Å². The molecule has 0 spiro atoms. The van der Waals surface area contributed by atoms with Crippen LogP contribution in [-0.2, 0) is 11.3 Å². The van der Waals surface area contributed by atoms with Gasteiger partial charge in [0.25, 0.3) is 0 Å². The van der Waals surface area contributed by atoms with Crippen LogP contribution in [0.4, 0.5) is 14.5 Å². The Hall–Kier alpha value is -2.63. The molecule has 2 aromatic rings. The Morgan fingerprint density at radius 3 is 2.60 bits per heavy atom. The second kappa shape index (κ2) is 13.6. The Morgan fingerprint density at radius 1 is 1.13 bits per heavy atom. The second-order valence-electron chi connectivity index (χ2n) is 5.90. The van der Waals surface area contributed by atoms with E-state index < -0.39 is 6.61 Å². The van der Waals surface area contributed by atoms with E-state index in [1.165, 1.54) is 13.0 Å². The summed E-state index contributed by atoms with van der Waals surface area (Å²) in [6.45, 7) is -0.361. The summed E-state index contributed by atoms with van der Waals surface area (Å²) in [5.74, 6) is 1.08. The van der Waals surface area contributed by atoms with Crippen LogP contribution in [0.1, 0.15) is 12.5 Å². The molecule has 0 fully saturated rings. The van der Waals surface area contributed by atoms with Gasteiger partial charge in [-0.05, 0) is 18.2 Å². The molecule has 2 rings (SSSR count). The molecule has 0 heterocycles. The normalized spacial score (nSPS) is 10.8. The first kappa shape index (κ1) is 25.4. The maximum absolute atomic E-state index is 12.5. The van der Waals surface area contributed by atoms with Gasteiger partial charge in [0, 0.05) is 37.8 Å². The van der Waals surface area contributed by atoms with E-state index >= 15 is 0 Å². The smallest absolute Gasteiger partial charge is 0.387 e. The number of carbonyl (C=O) groups excluding carboxylic acids is 1. The molecule has 7 nitrogen and oxygen atoms in total. The highest BCUT2D eigenvalue weighted by Crippen LogP contribution is 2.20. The number of para-hydroxylation sites is 1. The number of nitrogens with one attached hydrogen (secondary N) is 3. The number of nitrogens with zero attached hydrogens (tertiary/aromatic N) is 1. The average Bonchev–Trinajstić information content (AvgIpc) is 2.68. The summed E-state index contributed by atoms with van der Waals surface area (Å²) in [5, 5.41) is 8.80. The first-order valence-corrected chi connectivity index (χ1v) is 8.95. The van der Waals surface area contributed by atoms with Gasteiger partial charge in [-0.2, -0.15) is 8.78 Å². The average molecular weight is 534 g/mol. The third-order valence-electron chi connectivity index (χ3n) is 3.68. The molecule has 0 aliphatic rings. The van der Waals surface area contributed by atoms with Crippen LogP contribution in [0.5, 0.6) is 11.5 Å². The highest BCUT2D eigenvalue weighted by molar-refractivity contribution is 14.0. The van der Waals surface area contributed by atoms with Crippen molar-refractivity contribution in [2.75, 3.05) is 25.5 Å². The van der Waals surface area contributed by atoms with Gasteiger partial charge in [-0.25, -0.2) is 0 Å². The van der Waals surface area contributed by atoms with Crippen LogP contribution in [-0.4, -0.2) is 38.7 Å².